The molecule has 84 valence electrons. The van der Waals surface area contributed by atoms with Gasteiger partial charge in [-0.15, -0.1) is 11.3 Å². The number of halogens is 2. The maximum atomic E-state index is 6.33. The summed E-state index contributed by atoms with van der Waals surface area (Å²) >= 11 is 13.4. The van der Waals surface area contributed by atoms with Gasteiger partial charge >= 0.3 is 0 Å². The quantitative estimate of drug-likeness (QED) is 0.867. The molecule has 0 aliphatic rings. The smallest absolute Gasteiger partial charge is 0.0932 e. The Morgan fingerprint density at radius 3 is 2.50 bits per heavy atom. The number of nitrogens with two attached hydrogens (primary N) is 1. The van der Waals surface area contributed by atoms with Gasteiger partial charge in [-0.05, 0) is 36.8 Å². The minimum Gasteiger partial charge on any atom is -0.317 e. The highest BCUT2D eigenvalue weighted by atomic mass is 35.5. The van der Waals surface area contributed by atoms with Gasteiger partial charge in [0.05, 0.1) is 9.88 Å². The van der Waals surface area contributed by atoms with Crippen LogP contribution < -0.4 is 5.73 Å². The second kappa shape index (κ2) is 4.38. The van der Waals surface area contributed by atoms with Crippen LogP contribution in [-0.2, 0) is 5.54 Å². The number of benzene rings is 1. The molecule has 0 radical (unpaired) electrons. The molecule has 1 nitrogen and oxygen atoms in total. The van der Waals surface area contributed by atoms with E-state index in [0.29, 0.717) is 5.02 Å². The minimum atomic E-state index is -0.553. The first kappa shape index (κ1) is 11.9. The zero-order valence-corrected chi connectivity index (χ0v) is 11.0. The molecular formula is C12H11Cl2NS. The van der Waals surface area contributed by atoms with Crippen molar-refractivity contribution in [1.29, 1.82) is 0 Å². The topological polar surface area (TPSA) is 26.0 Å². The van der Waals surface area contributed by atoms with E-state index in [4.69, 9.17) is 28.9 Å². The predicted molar refractivity (Wildman–Crippen MR) is 71.4 cm³/mol. The Morgan fingerprint density at radius 1 is 1.19 bits per heavy atom. The second-order valence-electron chi connectivity index (χ2n) is 3.82. The lowest BCUT2D eigenvalue weighted by Crippen LogP contribution is -2.33. The van der Waals surface area contributed by atoms with Crippen molar-refractivity contribution in [3.63, 3.8) is 0 Å². The fraction of sp³-hybridized carbons (Fsp3) is 0.167. The van der Waals surface area contributed by atoms with E-state index in [1.54, 1.807) is 0 Å². The summed E-state index contributed by atoms with van der Waals surface area (Å²) in [4.78, 5) is 1.03. The Balaban J connectivity index is 2.46. The van der Waals surface area contributed by atoms with Crippen LogP contribution in [0.2, 0.25) is 9.36 Å². The Bertz CT molecular complexity index is 505. The normalized spacial score (nSPS) is 14.8. The van der Waals surface area contributed by atoms with Crippen molar-refractivity contribution in [1.82, 2.24) is 0 Å². The van der Waals surface area contributed by atoms with Crippen molar-refractivity contribution in [3.05, 3.63) is 56.2 Å². The molecule has 0 saturated carbocycles. The lowest BCUT2D eigenvalue weighted by atomic mass is 9.92. The molecule has 0 saturated heterocycles. The number of hydrogen-bond donors (Lipinski definition) is 1. The number of thiophene rings is 1. The van der Waals surface area contributed by atoms with Crippen LogP contribution in [0.5, 0.6) is 0 Å². The molecule has 2 aromatic rings. The van der Waals surface area contributed by atoms with Gasteiger partial charge in [-0.1, -0.05) is 35.3 Å². The van der Waals surface area contributed by atoms with Crippen LogP contribution in [0, 0.1) is 0 Å². The summed E-state index contributed by atoms with van der Waals surface area (Å²) in [5, 5.41) is 0.692. The first-order valence-electron chi connectivity index (χ1n) is 4.81. The van der Waals surface area contributed by atoms with Gasteiger partial charge in [0.25, 0.3) is 0 Å². The van der Waals surface area contributed by atoms with Crippen molar-refractivity contribution >= 4 is 34.5 Å². The van der Waals surface area contributed by atoms with Crippen LogP contribution in [-0.4, -0.2) is 0 Å². The third kappa shape index (κ3) is 2.25. The van der Waals surface area contributed by atoms with Gasteiger partial charge in [-0.25, -0.2) is 0 Å². The Kier molecular flexibility index (Phi) is 3.27. The average Bonchev–Trinajstić information content (AvgIpc) is 2.65. The highest BCUT2D eigenvalue weighted by Crippen LogP contribution is 2.34. The lowest BCUT2D eigenvalue weighted by Gasteiger charge is -2.24. The first-order chi connectivity index (χ1) is 7.50. The monoisotopic (exact) mass is 271 g/mol. The Labute approximate surface area is 109 Å². The van der Waals surface area contributed by atoms with Crippen LogP contribution in [0.3, 0.4) is 0 Å². The van der Waals surface area contributed by atoms with Gasteiger partial charge < -0.3 is 5.73 Å². The molecule has 0 aliphatic carbocycles. The molecule has 0 bridgehead atoms. The third-order valence-electron chi connectivity index (χ3n) is 2.51. The van der Waals surface area contributed by atoms with Crippen LogP contribution in [0.4, 0.5) is 0 Å². The van der Waals surface area contributed by atoms with E-state index in [1.165, 1.54) is 11.3 Å². The van der Waals surface area contributed by atoms with Crippen LogP contribution in [0.1, 0.15) is 17.4 Å². The Morgan fingerprint density at radius 2 is 1.94 bits per heavy atom. The predicted octanol–water partition coefficient (Wildman–Crippen LogP) is 4.28. The highest BCUT2D eigenvalue weighted by molar-refractivity contribution is 7.16. The molecule has 1 unspecified atom stereocenters. The second-order valence-corrected chi connectivity index (χ2v) is 5.97. The van der Waals surface area contributed by atoms with Crippen molar-refractivity contribution in [2.45, 2.75) is 12.5 Å². The fourth-order valence-electron chi connectivity index (χ4n) is 1.55. The molecule has 4 heteroatoms. The molecule has 1 aromatic heterocycles. The molecule has 0 aliphatic heterocycles. The van der Waals surface area contributed by atoms with Crippen LogP contribution >= 0.6 is 34.5 Å². The first-order valence-corrected chi connectivity index (χ1v) is 6.38. The summed E-state index contributed by atoms with van der Waals surface area (Å²) in [5.41, 5.74) is 6.77. The van der Waals surface area contributed by atoms with E-state index in [9.17, 15) is 0 Å². The van der Waals surface area contributed by atoms with E-state index in [1.807, 2.05) is 43.3 Å². The molecule has 1 heterocycles. The van der Waals surface area contributed by atoms with E-state index < -0.39 is 5.54 Å². The fourth-order valence-corrected chi connectivity index (χ4v) is 2.86. The zero-order valence-electron chi connectivity index (χ0n) is 8.71. The molecule has 2 rings (SSSR count). The molecule has 0 amide bonds. The van der Waals surface area contributed by atoms with Crippen molar-refractivity contribution in [2.24, 2.45) is 5.73 Å². The maximum Gasteiger partial charge on any atom is 0.0932 e. The SMILES string of the molecule is CC(N)(c1cccc(Cl)c1)c1ccc(Cl)s1. The van der Waals surface area contributed by atoms with E-state index >= 15 is 0 Å². The van der Waals surface area contributed by atoms with Gasteiger partial charge in [-0.2, -0.15) is 0 Å². The molecule has 16 heavy (non-hydrogen) atoms. The van der Waals surface area contributed by atoms with Gasteiger partial charge in [-0.3, -0.25) is 0 Å². The van der Waals surface area contributed by atoms with E-state index in [0.717, 1.165) is 14.8 Å². The lowest BCUT2D eigenvalue weighted by molar-refractivity contribution is 0.617. The van der Waals surface area contributed by atoms with Crippen molar-refractivity contribution in [2.75, 3.05) is 0 Å². The summed E-state index contributed by atoms with van der Waals surface area (Å²) in [6, 6.07) is 11.4. The van der Waals surface area contributed by atoms with Gasteiger partial charge in [0.1, 0.15) is 0 Å². The summed E-state index contributed by atoms with van der Waals surface area (Å²) in [6.45, 7) is 1.96. The largest absolute Gasteiger partial charge is 0.317 e. The van der Waals surface area contributed by atoms with Crippen LogP contribution in [0.25, 0.3) is 0 Å². The van der Waals surface area contributed by atoms with Gasteiger partial charge in [0.2, 0.25) is 0 Å². The average molecular weight is 272 g/mol. The van der Waals surface area contributed by atoms with Crippen molar-refractivity contribution < 1.29 is 0 Å². The molecule has 2 N–H and O–H groups in total. The number of rotatable bonds is 2. The summed E-state index contributed by atoms with van der Waals surface area (Å²) < 4.78 is 0.744. The highest BCUT2D eigenvalue weighted by Gasteiger charge is 2.25. The maximum absolute atomic E-state index is 6.33. The molecule has 1 aromatic carbocycles. The van der Waals surface area contributed by atoms with Gasteiger partial charge in [0, 0.05) is 9.90 Å². The number of hydrogen-bond acceptors (Lipinski definition) is 2. The van der Waals surface area contributed by atoms with Gasteiger partial charge in [0.15, 0.2) is 0 Å². The standard InChI is InChI=1S/C12H11Cl2NS/c1-12(15,10-5-6-11(14)16-10)8-3-2-4-9(13)7-8/h2-7H,15H2,1H3. The van der Waals surface area contributed by atoms with E-state index in [2.05, 4.69) is 0 Å². The molecule has 1 atom stereocenters. The van der Waals surface area contributed by atoms with E-state index in [-0.39, 0.29) is 0 Å². The minimum absolute atomic E-state index is 0.553. The third-order valence-corrected chi connectivity index (χ3v) is 4.21. The molecule has 0 spiro atoms. The molecule has 0 fully saturated rings. The summed E-state index contributed by atoms with van der Waals surface area (Å²) in [6.07, 6.45) is 0. The Hall–Kier alpha value is -0.540. The summed E-state index contributed by atoms with van der Waals surface area (Å²) in [7, 11) is 0. The van der Waals surface area contributed by atoms with Crippen LogP contribution in [0.15, 0.2) is 36.4 Å². The zero-order chi connectivity index (χ0) is 11.8. The molecular weight excluding hydrogens is 261 g/mol. The summed E-state index contributed by atoms with van der Waals surface area (Å²) in [5.74, 6) is 0. The van der Waals surface area contributed by atoms with Crippen molar-refractivity contribution in [3.8, 4) is 0 Å².